The van der Waals surface area contributed by atoms with Gasteiger partial charge in [-0.25, -0.2) is 9.97 Å². The number of benzene rings is 2. The Balaban J connectivity index is 1.59. The molecule has 6 heteroatoms. The van der Waals surface area contributed by atoms with Crippen LogP contribution in [0.5, 0.6) is 5.75 Å². The van der Waals surface area contributed by atoms with Crippen molar-refractivity contribution in [2.24, 2.45) is 0 Å². The van der Waals surface area contributed by atoms with Crippen LogP contribution in [0.3, 0.4) is 0 Å². The monoisotopic (exact) mass is 466 g/mol. The van der Waals surface area contributed by atoms with E-state index in [1.165, 1.54) is 5.56 Å². The van der Waals surface area contributed by atoms with Crippen molar-refractivity contribution in [2.75, 3.05) is 18.6 Å². The van der Waals surface area contributed by atoms with E-state index < -0.39 is 0 Å². The molecular weight excluding hydrogens is 440 g/mol. The molecule has 2 aromatic carbocycles. The highest BCUT2D eigenvalue weighted by molar-refractivity contribution is 7.17. The number of hydrogen-bond donors (Lipinski definition) is 0. The van der Waals surface area contributed by atoms with Gasteiger partial charge in [0.2, 0.25) is 0 Å². The fourth-order valence-corrected chi connectivity index (χ4v) is 5.09. The van der Waals surface area contributed by atoms with E-state index in [0.29, 0.717) is 0 Å². The predicted molar refractivity (Wildman–Crippen MR) is 140 cm³/mol. The molecule has 34 heavy (non-hydrogen) atoms. The Morgan fingerprint density at radius 2 is 1.71 bits per heavy atom. The summed E-state index contributed by atoms with van der Waals surface area (Å²) in [7, 11) is 1.69. The Kier molecular flexibility index (Phi) is 6.49. The first-order chi connectivity index (χ1) is 16.7. The van der Waals surface area contributed by atoms with E-state index in [2.05, 4.69) is 63.8 Å². The van der Waals surface area contributed by atoms with Crippen molar-refractivity contribution in [2.45, 2.75) is 19.9 Å². The van der Waals surface area contributed by atoms with Crippen molar-refractivity contribution in [1.29, 1.82) is 0 Å². The van der Waals surface area contributed by atoms with Gasteiger partial charge in [-0.15, -0.1) is 11.3 Å². The number of ether oxygens (including phenoxy) is 1. The van der Waals surface area contributed by atoms with E-state index in [9.17, 15) is 0 Å². The number of fused-ring (bicyclic) bond motifs is 1. The molecule has 0 N–H and O–H groups in total. The van der Waals surface area contributed by atoms with Gasteiger partial charge in [-0.05, 0) is 42.3 Å². The Hall–Kier alpha value is -3.77. The summed E-state index contributed by atoms with van der Waals surface area (Å²) in [5.74, 6) is 2.59. The summed E-state index contributed by atoms with van der Waals surface area (Å²) in [6.45, 7) is 3.53. The molecule has 0 saturated carbocycles. The van der Waals surface area contributed by atoms with Crippen LogP contribution < -0.4 is 9.64 Å². The maximum atomic E-state index is 5.36. The van der Waals surface area contributed by atoms with Gasteiger partial charge in [0.05, 0.1) is 12.5 Å². The summed E-state index contributed by atoms with van der Waals surface area (Å²) in [5, 5.41) is 3.28. The van der Waals surface area contributed by atoms with Gasteiger partial charge >= 0.3 is 0 Å². The molecule has 3 heterocycles. The van der Waals surface area contributed by atoms with Crippen molar-refractivity contribution < 1.29 is 4.74 Å². The lowest BCUT2D eigenvalue weighted by Crippen LogP contribution is -2.27. The van der Waals surface area contributed by atoms with Gasteiger partial charge in [0.15, 0.2) is 0 Å². The predicted octanol–water partition coefficient (Wildman–Crippen LogP) is 6.32. The molecule has 0 bridgehead atoms. The van der Waals surface area contributed by atoms with Crippen molar-refractivity contribution in [1.82, 2.24) is 15.0 Å². The van der Waals surface area contributed by atoms with E-state index in [4.69, 9.17) is 14.7 Å². The van der Waals surface area contributed by atoms with Crippen molar-refractivity contribution >= 4 is 27.4 Å². The Labute approximate surface area is 203 Å². The van der Waals surface area contributed by atoms with E-state index >= 15 is 0 Å². The van der Waals surface area contributed by atoms with Crippen LogP contribution in [-0.4, -0.2) is 28.6 Å². The number of nitrogens with zero attached hydrogens (tertiary/aromatic N) is 4. The number of aryl methyl sites for hydroxylation is 1. The number of anilines is 1. The zero-order chi connectivity index (χ0) is 23.3. The highest BCUT2D eigenvalue weighted by atomic mass is 32.1. The summed E-state index contributed by atoms with van der Waals surface area (Å²) in [6, 6.07) is 24.8. The van der Waals surface area contributed by atoms with Crippen LogP contribution in [0.25, 0.3) is 21.3 Å². The molecule has 0 aliphatic carbocycles. The fourth-order valence-electron chi connectivity index (χ4n) is 4.10. The molecule has 0 saturated heterocycles. The Morgan fingerprint density at radius 3 is 2.44 bits per heavy atom. The zero-order valence-electron chi connectivity index (χ0n) is 19.3. The van der Waals surface area contributed by atoms with Crippen LogP contribution in [0, 0.1) is 6.92 Å². The second-order valence-corrected chi connectivity index (χ2v) is 8.99. The minimum absolute atomic E-state index is 0.761. The summed E-state index contributed by atoms with van der Waals surface area (Å²) in [6.07, 6.45) is 2.69. The first kappa shape index (κ1) is 22.0. The molecule has 0 fully saturated rings. The van der Waals surface area contributed by atoms with Crippen LogP contribution in [0.15, 0.2) is 84.4 Å². The lowest BCUT2D eigenvalue weighted by Gasteiger charge is -2.25. The molecule has 5 rings (SSSR count). The molecule has 5 nitrogen and oxygen atoms in total. The first-order valence-corrected chi connectivity index (χ1v) is 12.2. The summed E-state index contributed by atoms with van der Waals surface area (Å²) in [4.78, 5) is 17.6. The molecule has 0 amide bonds. The van der Waals surface area contributed by atoms with Gasteiger partial charge in [-0.2, -0.15) is 0 Å². The minimum Gasteiger partial charge on any atom is -0.497 e. The summed E-state index contributed by atoms with van der Waals surface area (Å²) >= 11 is 1.66. The van der Waals surface area contributed by atoms with Gasteiger partial charge in [-0.1, -0.05) is 48.5 Å². The van der Waals surface area contributed by atoms with Crippen molar-refractivity contribution in [3.8, 4) is 16.9 Å². The quantitative estimate of drug-likeness (QED) is 0.268. The summed E-state index contributed by atoms with van der Waals surface area (Å²) < 4.78 is 5.36. The average Bonchev–Trinajstić information content (AvgIpc) is 3.31. The normalized spacial score (nSPS) is 11.0. The maximum absolute atomic E-state index is 5.36. The number of pyridine rings is 1. The third-order valence-electron chi connectivity index (χ3n) is 5.81. The Bertz CT molecular complexity index is 1370. The number of aromatic nitrogens is 3. The number of methoxy groups -OCH3 is 1. The molecule has 0 spiro atoms. The van der Waals surface area contributed by atoms with Crippen LogP contribution in [-0.2, 0) is 13.0 Å². The van der Waals surface area contributed by atoms with Crippen LogP contribution in [0.1, 0.15) is 17.1 Å². The molecule has 170 valence electrons. The van der Waals surface area contributed by atoms with E-state index in [0.717, 1.165) is 63.9 Å². The number of rotatable bonds is 8. The molecule has 5 aromatic rings. The minimum atomic E-state index is 0.761. The lowest BCUT2D eigenvalue weighted by atomic mass is 10.1. The highest BCUT2D eigenvalue weighted by Gasteiger charge is 2.20. The SMILES string of the molecule is COc1ccc(-c2csc3nc(C)nc(N(CCc4ccccn4)Cc4ccccc4)c23)cc1. The molecule has 0 radical (unpaired) electrons. The van der Waals surface area contributed by atoms with Gasteiger partial charge in [0, 0.05) is 42.3 Å². The number of thiophene rings is 1. The smallest absolute Gasteiger partial charge is 0.142 e. The van der Waals surface area contributed by atoms with Gasteiger partial charge in [0.25, 0.3) is 0 Å². The van der Waals surface area contributed by atoms with Gasteiger partial charge in [0.1, 0.15) is 22.2 Å². The Morgan fingerprint density at radius 1 is 0.912 bits per heavy atom. The topological polar surface area (TPSA) is 51.1 Å². The standard InChI is InChI=1S/C28H26N4OS/c1-20-30-27(26-25(19-34-28(26)31-20)22-11-13-24(33-2)14-12-22)32(18-21-8-4-3-5-9-21)17-15-23-10-6-7-16-29-23/h3-14,16,19H,15,17-18H2,1-2H3. The highest BCUT2D eigenvalue weighted by Crippen LogP contribution is 2.39. The van der Waals surface area contributed by atoms with E-state index in [1.807, 2.05) is 37.4 Å². The average molecular weight is 467 g/mol. The second kappa shape index (κ2) is 10.0. The molecule has 3 aromatic heterocycles. The van der Waals surface area contributed by atoms with Crippen molar-refractivity contribution in [3.63, 3.8) is 0 Å². The lowest BCUT2D eigenvalue weighted by molar-refractivity contribution is 0.415. The molecule has 0 atom stereocenters. The zero-order valence-corrected chi connectivity index (χ0v) is 20.1. The fraction of sp³-hybridized carbons (Fsp3) is 0.179. The van der Waals surface area contributed by atoms with Crippen LogP contribution in [0.2, 0.25) is 0 Å². The first-order valence-electron chi connectivity index (χ1n) is 11.3. The van der Waals surface area contributed by atoms with Gasteiger partial charge < -0.3 is 9.64 Å². The van der Waals surface area contributed by atoms with Crippen LogP contribution in [0.4, 0.5) is 5.82 Å². The molecule has 0 aliphatic rings. The van der Waals surface area contributed by atoms with Gasteiger partial charge in [-0.3, -0.25) is 4.98 Å². The number of hydrogen-bond acceptors (Lipinski definition) is 6. The molecular formula is C28H26N4OS. The van der Waals surface area contributed by atoms with Crippen molar-refractivity contribution in [3.05, 3.63) is 101 Å². The third-order valence-corrected chi connectivity index (χ3v) is 6.68. The maximum Gasteiger partial charge on any atom is 0.142 e. The molecule has 0 unspecified atom stereocenters. The largest absolute Gasteiger partial charge is 0.497 e. The molecule has 0 aliphatic heterocycles. The van der Waals surface area contributed by atoms with Crippen LogP contribution >= 0.6 is 11.3 Å². The third kappa shape index (κ3) is 4.77. The summed E-state index contributed by atoms with van der Waals surface area (Å²) in [5.41, 5.74) is 4.59. The van der Waals surface area contributed by atoms with E-state index in [-0.39, 0.29) is 0 Å². The van der Waals surface area contributed by atoms with E-state index in [1.54, 1.807) is 18.4 Å². The second-order valence-electron chi connectivity index (χ2n) is 8.13.